The molecule has 1 rings (SSSR count). The number of hydroxylamine groups is 1. The van der Waals surface area contributed by atoms with E-state index in [9.17, 15) is 18.0 Å². The molecule has 0 radical (unpaired) electrons. The van der Waals surface area contributed by atoms with Crippen molar-refractivity contribution in [2.45, 2.75) is 25.9 Å². The summed E-state index contributed by atoms with van der Waals surface area (Å²) in [6.45, 7) is 1.71. The van der Waals surface area contributed by atoms with Crippen molar-refractivity contribution in [3.63, 3.8) is 0 Å². The van der Waals surface area contributed by atoms with Crippen molar-refractivity contribution in [2.24, 2.45) is 0 Å². The first-order valence-electron chi connectivity index (χ1n) is 5.50. The maximum atomic E-state index is 12.3. The number of carbonyl (C=O) groups excluding carboxylic acids is 1. The topological polar surface area (TPSA) is 62.2 Å². The number of rotatable bonds is 4. The van der Waals surface area contributed by atoms with Crippen LogP contribution in [0.25, 0.3) is 5.57 Å². The minimum absolute atomic E-state index is 0.0389. The first-order valence-corrected chi connectivity index (χ1v) is 5.50. The fraction of sp³-hybridized carbons (Fsp3) is 0.333. The monoisotopic (exact) mass is 274 g/mol. The van der Waals surface area contributed by atoms with Crippen LogP contribution in [0.5, 0.6) is 0 Å². The first-order chi connectivity index (χ1) is 8.88. The van der Waals surface area contributed by atoms with Crippen molar-refractivity contribution in [1.29, 1.82) is 0 Å². The van der Waals surface area contributed by atoms with Gasteiger partial charge in [0.15, 0.2) is 0 Å². The van der Waals surface area contributed by atoms with Gasteiger partial charge in [0.25, 0.3) is 0 Å². The maximum absolute atomic E-state index is 12.3. The molecule has 4 nitrogen and oxygen atoms in total. The van der Waals surface area contributed by atoms with Gasteiger partial charge < -0.3 is 0 Å². The molecule has 0 aliphatic carbocycles. The zero-order chi connectivity index (χ0) is 14.5. The van der Waals surface area contributed by atoms with E-state index in [1.807, 2.05) is 0 Å². The molecule has 1 aromatic heterocycles. The predicted octanol–water partition coefficient (Wildman–Crippen LogP) is 2.79. The van der Waals surface area contributed by atoms with Gasteiger partial charge in [-0.15, -0.1) is 0 Å². The molecular weight excluding hydrogens is 261 g/mol. The number of allylic oxidation sites excluding steroid dienone is 2. The molecule has 104 valence electrons. The van der Waals surface area contributed by atoms with Crippen LogP contribution in [0.2, 0.25) is 0 Å². The second-order valence-electron chi connectivity index (χ2n) is 3.78. The molecule has 1 heterocycles. The zero-order valence-corrected chi connectivity index (χ0v) is 10.2. The van der Waals surface area contributed by atoms with Crippen LogP contribution >= 0.6 is 0 Å². The maximum Gasteiger partial charge on any atom is 0.433 e. The number of alkyl halides is 3. The van der Waals surface area contributed by atoms with Gasteiger partial charge in [0, 0.05) is 12.6 Å². The van der Waals surface area contributed by atoms with E-state index < -0.39 is 17.8 Å². The van der Waals surface area contributed by atoms with Gasteiger partial charge in [-0.3, -0.25) is 15.0 Å². The number of nitrogens with zero attached hydrogens (tertiary/aromatic N) is 1. The van der Waals surface area contributed by atoms with E-state index in [0.717, 1.165) is 12.3 Å². The number of halogens is 3. The smallest absolute Gasteiger partial charge is 0.289 e. The van der Waals surface area contributed by atoms with Crippen molar-refractivity contribution in [2.75, 3.05) is 0 Å². The molecule has 0 aliphatic rings. The van der Waals surface area contributed by atoms with Gasteiger partial charge >= 0.3 is 6.18 Å². The van der Waals surface area contributed by atoms with Crippen molar-refractivity contribution in [3.05, 3.63) is 35.7 Å². The van der Waals surface area contributed by atoms with E-state index >= 15 is 0 Å². The zero-order valence-electron chi connectivity index (χ0n) is 10.2. The summed E-state index contributed by atoms with van der Waals surface area (Å²) in [5.41, 5.74) is 1.74. The third-order valence-corrected chi connectivity index (χ3v) is 2.52. The fourth-order valence-electron chi connectivity index (χ4n) is 1.51. The molecule has 0 bridgehead atoms. The Morgan fingerprint density at radius 3 is 2.53 bits per heavy atom. The third kappa shape index (κ3) is 4.36. The Bertz CT molecular complexity index is 467. The summed E-state index contributed by atoms with van der Waals surface area (Å²) in [7, 11) is 0. The van der Waals surface area contributed by atoms with E-state index in [2.05, 4.69) is 4.98 Å². The normalized spacial score (nSPS) is 12.4. The lowest BCUT2D eigenvalue weighted by Gasteiger charge is -2.09. The van der Waals surface area contributed by atoms with E-state index in [0.29, 0.717) is 17.6 Å². The molecule has 1 aromatic rings. The first kappa shape index (κ1) is 15.2. The summed E-state index contributed by atoms with van der Waals surface area (Å²) >= 11 is 0. The van der Waals surface area contributed by atoms with Gasteiger partial charge in [-0.25, -0.2) is 5.48 Å². The Labute approximate surface area is 107 Å². The van der Waals surface area contributed by atoms with Crippen LogP contribution in [0.1, 0.15) is 31.0 Å². The summed E-state index contributed by atoms with van der Waals surface area (Å²) in [5.74, 6) is -0.556. The highest BCUT2D eigenvalue weighted by Gasteiger charge is 2.32. The van der Waals surface area contributed by atoms with Gasteiger partial charge in [-0.1, -0.05) is 12.1 Å². The molecule has 0 atom stereocenters. The second-order valence-corrected chi connectivity index (χ2v) is 3.78. The third-order valence-electron chi connectivity index (χ3n) is 2.52. The van der Waals surface area contributed by atoms with Gasteiger partial charge in [0.05, 0.1) is 0 Å². The molecule has 0 fully saturated rings. The van der Waals surface area contributed by atoms with E-state index in [1.54, 1.807) is 13.0 Å². The Hall–Kier alpha value is -1.89. The average molecular weight is 274 g/mol. The van der Waals surface area contributed by atoms with Crippen molar-refractivity contribution in [1.82, 2.24) is 10.5 Å². The average Bonchev–Trinajstić information content (AvgIpc) is 2.38. The Kier molecular flexibility index (Phi) is 5.05. The number of carbonyl (C=O) groups is 1. The molecule has 0 saturated carbocycles. The molecule has 19 heavy (non-hydrogen) atoms. The van der Waals surface area contributed by atoms with E-state index in [-0.39, 0.29) is 6.42 Å². The minimum Gasteiger partial charge on any atom is -0.289 e. The van der Waals surface area contributed by atoms with Crippen molar-refractivity contribution in [3.8, 4) is 0 Å². The molecule has 7 heteroatoms. The number of amides is 1. The van der Waals surface area contributed by atoms with Gasteiger partial charge in [-0.2, -0.15) is 13.2 Å². The summed E-state index contributed by atoms with van der Waals surface area (Å²) in [6.07, 6.45) is -1.32. The molecule has 1 amide bonds. The van der Waals surface area contributed by atoms with Crippen molar-refractivity contribution >= 4 is 11.5 Å². The van der Waals surface area contributed by atoms with E-state index in [1.165, 1.54) is 11.5 Å². The van der Waals surface area contributed by atoms with Gasteiger partial charge in [0.2, 0.25) is 5.91 Å². The van der Waals surface area contributed by atoms with Crippen LogP contribution in [0.3, 0.4) is 0 Å². The van der Waals surface area contributed by atoms with Crippen LogP contribution < -0.4 is 5.48 Å². The highest BCUT2D eigenvalue weighted by Crippen LogP contribution is 2.28. The summed E-state index contributed by atoms with van der Waals surface area (Å²) in [5, 5.41) is 8.36. The minimum atomic E-state index is -4.47. The van der Waals surface area contributed by atoms with Crippen LogP contribution in [-0.2, 0) is 11.0 Å². The van der Waals surface area contributed by atoms with Crippen LogP contribution in [0.4, 0.5) is 13.2 Å². The molecule has 0 aromatic carbocycles. The fourth-order valence-corrected chi connectivity index (χ4v) is 1.51. The molecule has 0 spiro atoms. The Balaban J connectivity index is 2.81. The molecule has 2 N–H and O–H groups in total. The number of pyridine rings is 1. The molecule has 0 aliphatic heterocycles. The molecule has 0 saturated heterocycles. The SMILES string of the molecule is C/C=C(\CCC(=O)NO)c1ccc(C(F)(F)F)nc1. The second kappa shape index (κ2) is 6.33. The standard InChI is InChI=1S/C12H13F3N2O2/c1-2-8(4-6-11(18)17-19)9-3-5-10(16-7-9)12(13,14)15/h2-3,5,7,19H,4,6H2,1H3,(H,17,18)/b8-2+. The Morgan fingerprint density at radius 1 is 1.42 bits per heavy atom. The van der Waals surface area contributed by atoms with Gasteiger partial charge in [-0.05, 0) is 30.5 Å². The van der Waals surface area contributed by atoms with E-state index in [4.69, 9.17) is 5.21 Å². The summed E-state index contributed by atoms with van der Waals surface area (Å²) < 4.78 is 37.0. The van der Waals surface area contributed by atoms with Crippen LogP contribution in [-0.4, -0.2) is 16.1 Å². The van der Waals surface area contributed by atoms with Crippen molar-refractivity contribution < 1.29 is 23.2 Å². The van der Waals surface area contributed by atoms with Gasteiger partial charge in [0.1, 0.15) is 5.69 Å². The number of nitrogens with one attached hydrogen (secondary N) is 1. The highest BCUT2D eigenvalue weighted by molar-refractivity contribution is 5.77. The number of aromatic nitrogens is 1. The quantitative estimate of drug-likeness (QED) is 0.655. The molecular formula is C12H13F3N2O2. The lowest BCUT2D eigenvalue weighted by atomic mass is 10.0. The lowest BCUT2D eigenvalue weighted by Crippen LogP contribution is -2.17. The molecule has 0 unspecified atom stereocenters. The highest BCUT2D eigenvalue weighted by atomic mass is 19.4. The largest absolute Gasteiger partial charge is 0.433 e. The Morgan fingerprint density at radius 2 is 2.11 bits per heavy atom. The van der Waals surface area contributed by atoms with Crippen LogP contribution in [0.15, 0.2) is 24.4 Å². The number of hydrogen-bond acceptors (Lipinski definition) is 3. The van der Waals surface area contributed by atoms with Crippen LogP contribution in [0, 0.1) is 0 Å². The lowest BCUT2D eigenvalue weighted by molar-refractivity contribution is -0.141. The number of hydrogen-bond donors (Lipinski definition) is 2. The predicted molar refractivity (Wildman–Crippen MR) is 62.1 cm³/mol. The summed E-state index contributed by atoms with van der Waals surface area (Å²) in [6, 6.07) is 2.20. The summed E-state index contributed by atoms with van der Waals surface area (Å²) in [4.78, 5) is 14.2.